The predicted molar refractivity (Wildman–Crippen MR) is 97.2 cm³/mol. The van der Waals surface area contributed by atoms with Gasteiger partial charge in [-0.2, -0.15) is 5.10 Å². The summed E-state index contributed by atoms with van der Waals surface area (Å²) in [5.74, 6) is -0.0491. The van der Waals surface area contributed by atoms with Crippen LogP contribution in [-0.2, 0) is 6.54 Å². The molecule has 2 rings (SSSR count). The molecule has 0 bridgehead atoms. The molecule has 1 N–H and O–H groups in total. The molecule has 1 heterocycles. The number of carbonyl (C=O) groups excluding carboxylic acids is 1. The molecule has 0 aliphatic rings. The highest BCUT2D eigenvalue weighted by atomic mass is 35.5. The molecule has 0 unspecified atom stereocenters. The molecule has 24 heavy (non-hydrogen) atoms. The molecule has 0 aliphatic carbocycles. The molecule has 0 fully saturated rings. The first-order chi connectivity index (χ1) is 11.7. The van der Waals surface area contributed by atoms with E-state index in [-0.39, 0.29) is 5.91 Å². The number of hydrogen-bond donors (Lipinski definition) is 1. The minimum Gasteiger partial charge on any atom is -0.333 e. The number of aromatic amines is 1. The number of nitrogens with zero attached hydrogens (tertiary/aromatic N) is 3. The quantitative estimate of drug-likeness (QED) is 0.755. The summed E-state index contributed by atoms with van der Waals surface area (Å²) in [4.78, 5) is 16.9. The van der Waals surface area contributed by atoms with E-state index in [4.69, 9.17) is 11.6 Å². The van der Waals surface area contributed by atoms with Crippen molar-refractivity contribution in [2.45, 2.75) is 26.8 Å². The summed E-state index contributed by atoms with van der Waals surface area (Å²) in [5.41, 5.74) is 1.46. The monoisotopic (exact) mass is 348 g/mol. The number of nitrogens with one attached hydrogen (secondary N) is 1. The Labute approximate surface area is 148 Å². The second-order valence-corrected chi connectivity index (χ2v) is 6.08. The lowest BCUT2D eigenvalue weighted by molar-refractivity contribution is 0.0729. The summed E-state index contributed by atoms with van der Waals surface area (Å²) in [6, 6.07) is 9.35. The van der Waals surface area contributed by atoms with Gasteiger partial charge in [0.2, 0.25) is 0 Å². The van der Waals surface area contributed by atoms with E-state index in [1.54, 1.807) is 12.3 Å². The van der Waals surface area contributed by atoms with Gasteiger partial charge < -0.3 is 9.80 Å². The molecule has 2 aromatic rings. The van der Waals surface area contributed by atoms with Gasteiger partial charge in [0.1, 0.15) is 5.69 Å². The maximum atomic E-state index is 12.7. The number of halogens is 1. The summed E-state index contributed by atoms with van der Waals surface area (Å²) >= 11 is 6.26. The fourth-order valence-electron chi connectivity index (χ4n) is 2.66. The summed E-state index contributed by atoms with van der Waals surface area (Å²) < 4.78 is 0. The molecule has 1 aromatic heterocycles. The second kappa shape index (κ2) is 9.45. The van der Waals surface area contributed by atoms with Crippen molar-refractivity contribution < 1.29 is 4.79 Å². The Morgan fingerprint density at radius 1 is 1.17 bits per heavy atom. The predicted octanol–water partition coefficient (Wildman–Crippen LogP) is 3.44. The van der Waals surface area contributed by atoms with Gasteiger partial charge in [-0.25, -0.2) is 0 Å². The Hall–Kier alpha value is -1.85. The first-order valence-electron chi connectivity index (χ1n) is 8.40. The van der Waals surface area contributed by atoms with Gasteiger partial charge in [-0.3, -0.25) is 9.89 Å². The Balaban J connectivity index is 2.06. The lowest BCUT2D eigenvalue weighted by Crippen LogP contribution is -2.34. The van der Waals surface area contributed by atoms with Crippen molar-refractivity contribution in [3.8, 4) is 0 Å². The Morgan fingerprint density at radius 3 is 2.54 bits per heavy atom. The van der Waals surface area contributed by atoms with Gasteiger partial charge in [0.15, 0.2) is 0 Å². The molecule has 0 aliphatic heterocycles. The van der Waals surface area contributed by atoms with Gasteiger partial charge in [-0.05, 0) is 43.8 Å². The highest BCUT2D eigenvalue weighted by Gasteiger charge is 2.18. The largest absolute Gasteiger partial charge is 0.333 e. The minimum absolute atomic E-state index is 0.0491. The van der Waals surface area contributed by atoms with Crippen molar-refractivity contribution in [2.75, 3.05) is 26.2 Å². The third kappa shape index (κ3) is 5.08. The van der Waals surface area contributed by atoms with Crippen molar-refractivity contribution in [2.24, 2.45) is 0 Å². The average molecular weight is 349 g/mol. The van der Waals surface area contributed by atoms with Crippen LogP contribution < -0.4 is 0 Å². The number of rotatable bonds is 9. The number of carbonyl (C=O) groups is 1. The maximum Gasteiger partial charge on any atom is 0.272 e. The molecule has 0 radical (unpaired) electrons. The Kier molecular flexibility index (Phi) is 7.28. The summed E-state index contributed by atoms with van der Waals surface area (Å²) in [6.07, 6.45) is 2.52. The van der Waals surface area contributed by atoms with Gasteiger partial charge >= 0.3 is 0 Å². The zero-order valence-electron chi connectivity index (χ0n) is 14.3. The molecule has 0 saturated heterocycles. The first-order valence-corrected chi connectivity index (χ1v) is 8.77. The topological polar surface area (TPSA) is 52.2 Å². The van der Waals surface area contributed by atoms with E-state index in [0.29, 0.717) is 23.8 Å². The third-order valence-electron chi connectivity index (χ3n) is 4.13. The smallest absolute Gasteiger partial charge is 0.272 e. The standard InChI is InChI=1S/C18H25ClN4O/c1-3-22(4-2)12-7-13-23(18(24)17-10-11-20-21-17)14-15-8-5-6-9-16(15)19/h5-6,8-11H,3-4,7,12-14H2,1-2H3,(H,20,21). The molecule has 0 spiro atoms. The minimum atomic E-state index is -0.0491. The van der Waals surface area contributed by atoms with Crippen LogP contribution in [0.4, 0.5) is 0 Å². The number of aromatic nitrogens is 2. The zero-order valence-corrected chi connectivity index (χ0v) is 15.1. The van der Waals surface area contributed by atoms with Crippen molar-refractivity contribution >= 4 is 17.5 Å². The maximum absolute atomic E-state index is 12.7. The van der Waals surface area contributed by atoms with Crippen LogP contribution in [0.3, 0.4) is 0 Å². The van der Waals surface area contributed by atoms with E-state index in [1.165, 1.54) is 0 Å². The average Bonchev–Trinajstić information content (AvgIpc) is 3.13. The fraction of sp³-hybridized carbons (Fsp3) is 0.444. The fourth-order valence-corrected chi connectivity index (χ4v) is 2.85. The van der Waals surface area contributed by atoms with Crippen molar-refractivity contribution in [1.82, 2.24) is 20.0 Å². The van der Waals surface area contributed by atoms with Crippen molar-refractivity contribution in [3.63, 3.8) is 0 Å². The molecule has 0 atom stereocenters. The van der Waals surface area contributed by atoms with Gasteiger partial charge in [-0.15, -0.1) is 0 Å². The lowest BCUT2D eigenvalue weighted by atomic mass is 10.2. The molecule has 1 amide bonds. The molecule has 130 valence electrons. The van der Waals surface area contributed by atoms with Gasteiger partial charge in [0.05, 0.1) is 0 Å². The van der Waals surface area contributed by atoms with Crippen LogP contribution in [0, 0.1) is 0 Å². The van der Waals surface area contributed by atoms with Crippen LogP contribution in [0.2, 0.25) is 5.02 Å². The highest BCUT2D eigenvalue weighted by Crippen LogP contribution is 2.18. The van der Waals surface area contributed by atoms with Crippen LogP contribution in [0.25, 0.3) is 0 Å². The van der Waals surface area contributed by atoms with Crippen molar-refractivity contribution in [3.05, 3.63) is 52.8 Å². The zero-order chi connectivity index (χ0) is 17.4. The van der Waals surface area contributed by atoms with Crippen LogP contribution in [0.5, 0.6) is 0 Å². The van der Waals surface area contributed by atoms with Crippen LogP contribution in [0.15, 0.2) is 36.5 Å². The van der Waals surface area contributed by atoms with E-state index in [2.05, 4.69) is 28.9 Å². The molecule has 1 aromatic carbocycles. The first kappa shape index (κ1) is 18.5. The van der Waals surface area contributed by atoms with Crippen LogP contribution in [-0.4, -0.2) is 52.1 Å². The van der Waals surface area contributed by atoms with Crippen LogP contribution in [0.1, 0.15) is 36.3 Å². The number of amides is 1. The van der Waals surface area contributed by atoms with E-state index < -0.39 is 0 Å². The summed E-state index contributed by atoms with van der Waals surface area (Å²) in [7, 11) is 0. The Morgan fingerprint density at radius 2 is 1.92 bits per heavy atom. The molecule has 0 saturated carbocycles. The van der Waals surface area contributed by atoms with Gasteiger partial charge in [0.25, 0.3) is 5.91 Å². The van der Waals surface area contributed by atoms with Crippen LogP contribution >= 0.6 is 11.6 Å². The highest BCUT2D eigenvalue weighted by molar-refractivity contribution is 6.31. The normalized spacial score (nSPS) is 11.0. The van der Waals surface area contributed by atoms with E-state index >= 15 is 0 Å². The molecular weight excluding hydrogens is 324 g/mol. The second-order valence-electron chi connectivity index (χ2n) is 5.67. The Bertz CT molecular complexity index is 626. The van der Waals surface area contributed by atoms with E-state index in [0.717, 1.165) is 31.6 Å². The summed E-state index contributed by atoms with van der Waals surface area (Å²) in [6.45, 7) is 8.50. The molecule has 5 nitrogen and oxygen atoms in total. The molecular formula is C18H25ClN4O. The van der Waals surface area contributed by atoms with Gasteiger partial charge in [-0.1, -0.05) is 43.6 Å². The SMILES string of the molecule is CCN(CC)CCCN(Cc1ccccc1Cl)C(=O)c1ccn[nH]1. The molecule has 6 heteroatoms. The van der Waals surface area contributed by atoms with Gasteiger partial charge in [0, 0.05) is 24.3 Å². The third-order valence-corrected chi connectivity index (χ3v) is 4.50. The number of hydrogen-bond acceptors (Lipinski definition) is 3. The number of H-pyrrole nitrogens is 1. The summed E-state index contributed by atoms with van der Waals surface area (Å²) in [5, 5.41) is 7.32. The number of benzene rings is 1. The van der Waals surface area contributed by atoms with Crippen molar-refractivity contribution in [1.29, 1.82) is 0 Å². The lowest BCUT2D eigenvalue weighted by Gasteiger charge is -2.25. The van der Waals surface area contributed by atoms with E-state index in [1.807, 2.05) is 29.2 Å². The van der Waals surface area contributed by atoms with E-state index in [9.17, 15) is 4.79 Å².